The molecule has 2 aliphatic rings. The van der Waals surface area contributed by atoms with E-state index < -0.39 is 5.60 Å². The van der Waals surface area contributed by atoms with Gasteiger partial charge >= 0.3 is 6.09 Å². The van der Waals surface area contributed by atoms with E-state index in [1.54, 1.807) is 4.90 Å². The number of nitrogens with one attached hydrogen (secondary N) is 1. The van der Waals surface area contributed by atoms with Gasteiger partial charge in [0.25, 0.3) is 0 Å². The van der Waals surface area contributed by atoms with Gasteiger partial charge in [-0.05, 0) is 45.6 Å². The molecule has 2 aliphatic heterocycles. The van der Waals surface area contributed by atoms with Gasteiger partial charge in [-0.3, -0.25) is 4.99 Å². The van der Waals surface area contributed by atoms with Crippen molar-refractivity contribution < 1.29 is 14.3 Å². The topological polar surface area (TPSA) is 89.2 Å². The summed E-state index contributed by atoms with van der Waals surface area (Å²) in [4.78, 5) is 18.6. The Balaban J connectivity index is 1.53. The molecule has 2 unspecified atom stereocenters. The molecule has 0 spiro atoms. The van der Waals surface area contributed by atoms with Crippen molar-refractivity contribution in [2.24, 2.45) is 16.6 Å². The van der Waals surface area contributed by atoms with Crippen molar-refractivity contribution in [3.05, 3.63) is 29.8 Å². The minimum Gasteiger partial charge on any atom is -0.493 e. The number of likely N-dealkylation sites (tertiary alicyclic amines) is 1. The van der Waals surface area contributed by atoms with Crippen LogP contribution in [0.2, 0.25) is 0 Å². The molecule has 0 bridgehead atoms. The zero-order chi connectivity index (χ0) is 20.1. The molecule has 0 saturated carbocycles. The van der Waals surface area contributed by atoms with Crippen molar-refractivity contribution >= 4 is 12.1 Å². The lowest BCUT2D eigenvalue weighted by molar-refractivity contribution is 0.0171. The average molecular weight is 389 g/mol. The summed E-state index contributed by atoms with van der Waals surface area (Å²) >= 11 is 0. The van der Waals surface area contributed by atoms with Crippen molar-refractivity contribution in [1.29, 1.82) is 0 Å². The molecule has 1 aromatic carbocycles. The van der Waals surface area contributed by atoms with E-state index in [-0.39, 0.29) is 12.1 Å². The zero-order valence-electron chi connectivity index (χ0n) is 17.1. The first kappa shape index (κ1) is 20.3. The van der Waals surface area contributed by atoms with Crippen LogP contribution < -0.4 is 15.8 Å². The summed E-state index contributed by atoms with van der Waals surface area (Å²) in [6, 6.07) is 8.11. The number of aliphatic imine (C=N–C) groups is 1. The molecule has 1 fully saturated rings. The summed E-state index contributed by atoms with van der Waals surface area (Å²) in [6.45, 7) is 8.32. The maximum Gasteiger partial charge on any atom is 0.410 e. The molecule has 1 aromatic rings. The molecule has 2 heterocycles. The average Bonchev–Trinajstić information content (AvgIpc) is 2.66. The molecular formula is C21H32N4O3. The van der Waals surface area contributed by atoms with Crippen LogP contribution in [0.25, 0.3) is 0 Å². The highest BCUT2D eigenvalue weighted by atomic mass is 16.6. The number of fused-ring (bicyclic) bond motifs is 1. The smallest absolute Gasteiger partial charge is 0.410 e. The lowest BCUT2D eigenvalue weighted by atomic mass is 9.98. The van der Waals surface area contributed by atoms with Crippen LogP contribution in [0.4, 0.5) is 4.79 Å². The fraction of sp³-hybridized carbons (Fsp3) is 0.619. The summed E-state index contributed by atoms with van der Waals surface area (Å²) in [5, 5.41) is 3.32. The number of benzene rings is 1. The molecule has 28 heavy (non-hydrogen) atoms. The maximum absolute atomic E-state index is 12.3. The van der Waals surface area contributed by atoms with Gasteiger partial charge in [-0.15, -0.1) is 0 Å². The van der Waals surface area contributed by atoms with E-state index >= 15 is 0 Å². The van der Waals surface area contributed by atoms with Gasteiger partial charge in [-0.1, -0.05) is 18.2 Å². The fourth-order valence-corrected chi connectivity index (χ4v) is 3.65. The Bertz CT molecular complexity index is 714. The van der Waals surface area contributed by atoms with Gasteiger partial charge in [0.05, 0.1) is 12.6 Å². The number of carbonyl (C=O) groups is 1. The Labute approximate surface area is 167 Å². The molecule has 3 rings (SSSR count). The number of hydrogen-bond donors (Lipinski definition) is 2. The number of piperidine rings is 1. The largest absolute Gasteiger partial charge is 0.493 e. The van der Waals surface area contributed by atoms with Crippen LogP contribution in [0.5, 0.6) is 5.75 Å². The van der Waals surface area contributed by atoms with Crippen LogP contribution >= 0.6 is 0 Å². The highest BCUT2D eigenvalue weighted by Gasteiger charge is 2.27. The predicted molar refractivity (Wildman–Crippen MR) is 109 cm³/mol. The number of ether oxygens (including phenoxy) is 2. The van der Waals surface area contributed by atoms with Gasteiger partial charge < -0.3 is 25.4 Å². The van der Waals surface area contributed by atoms with Crippen molar-refractivity contribution in [3.63, 3.8) is 0 Å². The zero-order valence-corrected chi connectivity index (χ0v) is 17.1. The lowest BCUT2D eigenvalue weighted by Crippen LogP contribution is -2.44. The van der Waals surface area contributed by atoms with Crippen LogP contribution in [0.3, 0.4) is 0 Å². The molecule has 0 radical (unpaired) electrons. The van der Waals surface area contributed by atoms with Gasteiger partial charge in [0.15, 0.2) is 5.96 Å². The van der Waals surface area contributed by atoms with Crippen LogP contribution in [-0.2, 0) is 4.74 Å². The van der Waals surface area contributed by atoms with Gasteiger partial charge in [-0.25, -0.2) is 4.79 Å². The van der Waals surface area contributed by atoms with Gasteiger partial charge in [0.2, 0.25) is 0 Å². The maximum atomic E-state index is 12.3. The van der Waals surface area contributed by atoms with Crippen LogP contribution in [0, 0.1) is 5.92 Å². The summed E-state index contributed by atoms with van der Waals surface area (Å²) < 4.78 is 11.2. The van der Waals surface area contributed by atoms with E-state index in [0.717, 1.165) is 37.1 Å². The molecule has 1 saturated heterocycles. The molecule has 7 heteroatoms. The number of carbonyl (C=O) groups excluding carboxylic acids is 1. The standard InChI is InChI=1S/C21H32N4O3/c1-21(2,3)28-20(26)25-11-6-7-15(14-25)13-23-19(22)24-17-10-12-27-18-9-5-4-8-16(17)18/h4-5,8-9,15,17H,6-7,10-14H2,1-3H3,(H3,22,23,24). The van der Waals surface area contributed by atoms with Gasteiger partial charge in [0, 0.05) is 31.6 Å². The molecular weight excluding hydrogens is 356 g/mol. The van der Waals surface area contributed by atoms with E-state index in [2.05, 4.69) is 16.4 Å². The van der Waals surface area contributed by atoms with Crippen molar-refractivity contribution in [3.8, 4) is 5.75 Å². The van der Waals surface area contributed by atoms with Crippen molar-refractivity contribution in [2.45, 2.75) is 51.7 Å². The second-order valence-electron chi connectivity index (χ2n) is 8.53. The lowest BCUT2D eigenvalue weighted by Gasteiger charge is -2.33. The molecule has 1 amide bonds. The third-order valence-corrected chi connectivity index (χ3v) is 4.97. The summed E-state index contributed by atoms with van der Waals surface area (Å²) in [7, 11) is 0. The highest BCUT2D eigenvalue weighted by Crippen LogP contribution is 2.31. The highest BCUT2D eigenvalue weighted by molar-refractivity contribution is 5.78. The fourth-order valence-electron chi connectivity index (χ4n) is 3.65. The molecule has 154 valence electrons. The first-order chi connectivity index (χ1) is 13.3. The normalized spacial score (nSPS) is 22.8. The van der Waals surface area contributed by atoms with Crippen LogP contribution in [0.15, 0.2) is 29.3 Å². The molecule has 0 aromatic heterocycles. The predicted octanol–water partition coefficient (Wildman–Crippen LogP) is 3.06. The van der Waals surface area contributed by atoms with Crippen LogP contribution in [0.1, 0.15) is 51.6 Å². The SMILES string of the molecule is CC(C)(C)OC(=O)N1CCCC(CN=C(N)NC2CCOc3ccccc32)C1. The Morgan fingerprint density at radius 3 is 2.93 bits per heavy atom. The summed E-state index contributed by atoms with van der Waals surface area (Å²) in [5.41, 5.74) is 6.79. The third-order valence-electron chi connectivity index (χ3n) is 4.97. The number of para-hydroxylation sites is 1. The van der Waals surface area contributed by atoms with Crippen molar-refractivity contribution in [2.75, 3.05) is 26.2 Å². The summed E-state index contributed by atoms with van der Waals surface area (Å²) in [6.07, 6.45) is 2.60. The van der Waals surface area contributed by atoms with E-state index in [0.29, 0.717) is 31.6 Å². The Hall–Kier alpha value is -2.44. The number of nitrogens with zero attached hydrogens (tertiary/aromatic N) is 2. The van der Waals surface area contributed by atoms with Gasteiger partial charge in [0.1, 0.15) is 11.4 Å². The molecule has 0 aliphatic carbocycles. The van der Waals surface area contributed by atoms with E-state index in [9.17, 15) is 4.79 Å². The molecule has 7 nitrogen and oxygen atoms in total. The Kier molecular flexibility index (Phi) is 6.31. The monoisotopic (exact) mass is 388 g/mol. The van der Waals surface area contributed by atoms with Crippen LogP contribution in [-0.4, -0.2) is 48.8 Å². The minimum atomic E-state index is -0.476. The number of rotatable bonds is 3. The second-order valence-corrected chi connectivity index (χ2v) is 8.53. The van der Waals surface area contributed by atoms with Gasteiger partial charge in [-0.2, -0.15) is 0 Å². The first-order valence-electron chi connectivity index (χ1n) is 10.1. The Morgan fingerprint density at radius 2 is 2.14 bits per heavy atom. The number of nitrogens with two attached hydrogens (primary N) is 1. The quantitative estimate of drug-likeness (QED) is 0.614. The number of guanidine groups is 1. The molecule has 2 atom stereocenters. The second kappa shape index (κ2) is 8.71. The Morgan fingerprint density at radius 1 is 1.36 bits per heavy atom. The van der Waals surface area contributed by atoms with E-state index in [4.69, 9.17) is 15.2 Å². The number of amides is 1. The first-order valence-corrected chi connectivity index (χ1v) is 10.1. The number of hydrogen-bond acceptors (Lipinski definition) is 4. The third kappa shape index (κ3) is 5.53. The summed E-state index contributed by atoms with van der Waals surface area (Å²) in [5.74, 6) is 1.64. The van der Waals surface area contributed by atoms with E-state index in [1.165, 1.54) is 0 Å². The molecule has 3 N–H and O–H groups in total. The minimum absolute atomic E-state index is 0.110. The van der Waals surface area contributed by atoms with E-state index in [1.807, 2.05) is 39.0 Å². The van der Waals surface area contributed by atoms with Crippen molar-refractivity contribution in [1.82, 2.24) is 10.2 Å².